The van der Waals surface area contributed by atoms with E-state index in [1.165, 1.54) is 12.7 Å². The second-order valence-corrected chi connectivity index (χ2v) is 9.31. The number of hydrogen-bond donors (Lipinski definition) is 3. The Hall–Kier alpha value is -2.58. The van der Waals surface area contributed by atoms with Gasteiger partial charge in [-0.25, -0.2) is 18.1 Å². The highest BCUT2D eigenvalue weighted by atomic mass is 32.2. The topological polar surface area (TPSA) is 85.8 Å². The maximum atomic E-state index is 11.7. The van der Waals surface area contributed by atoms with E-state index in [0.29, 0.717) is 12.6 Å². The summed E-state index contributed by atoms with van der Waals surface area (Å²) in [4.78, 5) is 7.10. The van der Waals surface area contributed by atoms with Gasteiger partial charge in [-0.15, -0.1) is 0 Å². The second kappa shape index (κ2) is 10.4. The molecule has 1 fully saturated rings. The number of guanidine groups is 1. The van der Waals surface area contributed by atoms with Crippen molar-refractivity contribution in [2.24, 2.45) is 4.99 Å². The largest absolute Gasteiger partial charge is 0.369 e. The number of nitrogens with one attached hydrogen (secondary N) is 3. The molecule has 1 saturated heterocycles. The van der Waals surface area contributed by atoms with Gasteiger partial charge in [0.1, 0.15) is 0 Å². The van der Waals surface area contributed by atoms with Crippen molar-refractivity contribution >= 4 is 21.7 Å². The van der Waals surface area contributed by atoms with Crippen molar-refractivity contribution in [3.05, 3.63) is 65.7 Å². The third-order valence-electron chi connectivity index (χ3n) is 5.11. The summed E-state index contributed by atoms with van der Waals surface area (Å²) >= 11 is 0. The van der Waals surface area contributed by atoms with Gasteiger partial charge in [0.2, 0.25) is 10.0 Å². The molecule has 3 rings (SSSR count). The number of sulfonamides is 1. The minimum atomic E-state index is -3.26. The van der Waals surface area contributed by atoms with Crippen molar-refractivity contribution in [1.82, 2.24) is 15.4 Å². The number of nitrogens with zero attached hydrogens (tertiary/aromatic N) is 2. The molecular formula is C22H31N5O2S. The summed E-state index contributed by atoms with van der Waals surface area (Å²) in [5.41, 5.74) is 3.05. The Balaban J connectivity index is 1.57. The monoisotopic (exact) mass is 429 g/mol. The van der Waals surface area contributed by atoms with Gasteiger partial charge < -0.3 is 15.5 Å². The molecule has 3 N–H and O–H groups in total. The minimum Gasteiger partial charge on any atom is -0.369 e. The van der Waals surface area contributed by atoms with Gasteiger partial charge >= 0.3 is 0 Å². The first kappa shape index (κ1) is 22.1. The highest BCUT2D eigenvalue weighted by Crippen LogP contribution is 2.19. The summed E-state index contributed by atoms with van der Waals surface area (Å²) in [5.74, 6) is 0.788. The van der Waals surface area contributed by atoms with Crippen LogP contribution in [0.5, 0.6) is 0 Å². The van der Waals surface area contributed by atoms with Crippen LogP contribution in [0.25, 0.3) is 0 Å². The Morgan fingerprint density at radius 3 is 2.47 bits per heavy atom. The average molecular weight is 430 g/mol. The van der Waals surface area contributed by atoms with Crippen LogP contribution in [-0.2, 0) is 22.3 Å². The van der Waals surface area contributed by atoms with Crippen molar-refractivity contribution in [2.75, 3.05) is 31.6 Å². The highest BCUT2D eigenvalue weighted by Gasteiger charge is 2.23. The molecule has 0 spiro atoms. The Morgan fingerprint density at radius 1 is 1.10 bits per heavy atom. The lowest BCUT2D eigenvalue weighted by molar-refractivity contribution is 0.587. The predicted molar refractivity (Wildman–Crippen MR) is 123 cm³/mol. The Morgan fingerprint density at radius 2 is 1.80 bits per heavy atom. The molecule has 1 unspecified atom stereocenters. The van der Waals surface area contributed by atoms with Crippen molar-refractivity contribution in [1.29, 1.82) is 0 Å². The number of hydrogen-bond acceptors (Lipinski definition) is 4. The molecule has 162 valence electrons. The van der Waals surface area contributed by atoms with Crippen molar-refractivity contribution in [3.8, 4) is 0 Å². The Kier molecular flexibility index (Phi) is 7.70. The average Bonchev–Trinajstić information content (AvgIpc) is 3.22. The van der Waals surface area contributed by atoms with Gasteiger partial charge in [0, 0.05) is 31.4 Å². The SMILES string of the molecule is CCNC(=NCc1ccc(CS(=O)(=O)NC)cc1)NC1CCN(c2ccccc2)C1. The van der Waals surface area contributed by atoms with Crippen LogP contribution in [0, 0.1) is 0 Å². The molecule has 7 nitrogen and oxygen atoms in total. The van der Waals surface area contributed by atoms with Crippen LogP contribution in [0.3, 0.4) is 0 Å². The summed E-state index contributed by atoms with van der Waals surface area (Å²) in [6, 6.07) is 18.4. The van der Waals surface area contributed by atoms with E-state index in [1.54, 1.807) is 0 Å². The predicted octanol–water partition coefficient (Wildman–Crippen LogP) is 2.07. The lowest BCUT2D eigenvalue weighted by Crippen LogP contribution is -2.44. The zero-order valence-corrected chi connectivity index (χ0v) is 18.5. The van der Waals surface area contributed by atoms with Crippen molar-refractivity contribution in [3.63, 3.8) is 0 Å². The van der Waals surface area contributed by atoms with Crippen molar-refractivity contribution in [2.45, 2.75) is 31.7 Å². The van der Waals surface area contributed by atoms with Gasteiger partial charge in [-0.1, -0.05) is 42.5 Å². The molecule has 1 heterocycles. The molecule has 0 radical (unpaired) electrons. The first-order valence-electron chi connectivity index (χ1n) is 10.3. The summed E-state index contributed by atoms with van der Waals surface area (Å²) in [6.07, 6.45) is 1.06. The van der Waals surface area contributed by atoms with Crippen LogP contribution in [0.15, 0.2) is 59.6 Å². The number of benzene rings is 2. The molecular weight excluding hydrogens is 398 g/mol. The summed E-state index contributed by atoms with van der Waals surface area (Å²) in [7, 11) is -1.83. The van der Waals surface area contributed by atoms with Crippen LogP contribution in [-0.4, -0.2) is 47.1 Å². The third-order valence-corrected chi connectivity index (χ3v) is 6.44. The number of para-hydroxylation sites is 1. The van der Waals surface area contributed by atoms with Crippen molar-refractivity contribution < 1.29 is 8.42 Å². The van der Waals surface area contributed by atoms with Gasteiger partial charge in [-0.05, 0) is 43.7 Å². The third kappa shape index (κ3) is 6.47. The van der Waals surface area contributed by atoms with E-state index < -0.39 is 10.0 Å². The molecule has 2 aromatic carbocycles. The van der Waals surface area contributed by atoms with E-state index in [0.717, 1.165) is 43.1 Å². The Labute approximate surface area is 179 Å². The molecule has 0 bridgehead atoms. The minimum absolute atomic E-state index is 0.0170. The van der Waals surface area contributed by atoms with E-state index in [4.69, 9.17) is 4.99 Å². The molecule has 0 aromatic heterocycles. The second-order valence-electron chi connectivity index (χ2n) is 7.39. The van der Waals surface area contributed by atoms with E-state index in [9.17, 15) is 8.42 Å². The fourth-order valence-electron chi connectivity index (χ4n) is 3.47. The van der Waals surface area contributed by atoms with Gasteiger partial charge in [-0.2, -0.15) is 0 Å². The van der Waals surface area contributed by atoms with Crippen LogP contribution in [0.1, 0.15) is 24.5 Å². The molecule has 0 amide bonds. The number of anilines is 1. The molecule has 30 heavy (non-hydrogen) atoms. The molecule has 2 aromatic rings. The molecule has 0 aliphatic carbocycles. The maximum Gasteiger partial charge on any atom is 0.215 e. The van der Waals surface area contributed by atoms with E-state index in [2.05, 4.69) is 51.4 Å². The smallest absolute Gasteiger partial charge is 0.215 e. The summed E-state index contributed by atoms with van der Waals surface area (Å²) in [6.45, 7) is 5.35. The zero-order valence-electron chi connectivity index (χ0n) is 17.6. The van der Waals surface area contributed by atoms with Gasteiger partial charge in [0.15, 0.2) is 5.96 Å². The summed E-state index contributed by atoms with van der Waals surface area (Å²) < 4.78 is 25.7. The lowest BCUT2D eigenvalue weighted by Gasteiger charge is -2.20. The fraction of sp³-hybridized carbons (Fsp3) is 0.409. The normalized spacial score (nSPS) is 17.2. The van der Waals surface area contributed by atoms with Gasteiger partial charge in [0.25, 0.3) is 0 Å². The van der Waals surface area contributed by atoms with Gasteiger partial charge in [0.05, 0.1) is 12.3 Å². The van der Waals surface area contributed by atoms with Crippen LogP contribution in [0.4, 0.5) is 5.69 Å². The molecule has 1 aliphatic heterocycles. The first-order valence-corrected chi connectivity index (χ1v) is 12.0. The standard InChI is InChI=1S/C22H31N5O2S/c1-3-24-22(26-20-13-14-27(16-20)21-7-5-4-6-8-21)25-15-18-9-11-19(12-10-18)17-30(28,29)23-2/h4-12,20,23H,3,13-17H2,1-2H3,(H2,24,25,26). The first-order chi connectivity index (χ1) is 14.5. The highest BCUT2D eigenvalue weighted by molar-refractivity contribution is 7.88. The number of rotatable bonds is 8. The summed E-state index contributed by atoms with van der Waals surface area (Å²) in [5, 5.41) is 6.86. The molecule has 8 heteroatoms. The van der Waals surface area contributed by atoms with Gasteiger partial charge in [-0.3, -0.25) is 0 Å². The van der Waals surface area contributed by atoms with Crippen LogP contribution in [0.2, 0.25) is 0 Å². The molecule has 0 saturated carbocycles. The lowest BCUT2D eigenvalue weighted by atomic mass is 10.1. The zero-order chi connectivity index (χ0) is 21.4. The maximum absolute atomic E-state index is 11.7. The quantitative estimate of drug-likeness (QED) is 0.442. The van der Waals surface area contributed by atoms with E-state index >= 15 is 0 Å². The van der Waals surface area contributed by atoms with Crippen LogP contribution < -0.4 is 20.3 Å². The van der Waals surface area contributed by atoms with E-state index in [-0.39, 0.29) is 5.75 Å². The molecule has 1 atom stereocenters. The fourth-order valence-corrected chi connectivity index (χ4v) is 4.24. The Bertz CT molecular complexity index is 930. The molecule has 1 aliphatic rings. The number of aliphatic imine (C=N–C) groups is 1. The van der Waals surface area contributed by atoms with E-state index in [1.807, 2.05) is 30.3 Å². The van der Waals surface area contributed by atoms with Crippen LogP contribution >= 0.6 is 0 Å².